The maximum absolute atomic E-state index is 3.63. The molecule has 1 unspecified atom stereocenters. The summed E-state index contributed by atoms with van der Waals surface area (Å²) >= 11 is 2.38. The molecule has 2 nitrogen and oxygen atoms in total. The van der Waals surface area contributed by atoms with Gasteiger partial charge < -0.3 is 10.2 Å². The molecule has 17 heavy (non-hydrogen) atoms. The Balaban J connectivity index is 2.12. The summed E-state index contributed by atoms with van der Waals surface area (Å²) in [6, 6.07) is 9.34. The third kappa shape index (κ3) is 3.35. The van der Waals surface area contributed by atoms with Gasteiger partial charge in [-0.3, -0.25) is 0 Å². The molecule has 0 bridgehead atoms. The van der Waals surface area contributed by atoms with Crippen LogP contribution < -0.4 is 10.2 Å². The fourth-order valence-corrected chi connectivity index (χ4v) is 2.76. The number of hydrogen-bond acceptors (Lipinski definition) is 2. The van der Waals surface area contributed by atoms with Crippen molar-refractivity contribution >= 4 is 28.3 Å². The van der Waals surface area contributed by atoms with Gasteiger partial charge in [-0.2, -0.15) is 0 Å². The Bertz CT molecular complexity index is 384. The predicted molar refractivity (Wildman–Crippen MR) is 82.6 cm³/mol. The molecule has 1 atom stereocenters. The van der Waals surface area contributed by atoms with E-state index in [1.165, 1.54) is 9.26 Å². The summed E-state index contributed by atoms with van der Waals surface area (Å²) in [6.07, 6.45) is 0. The number of benzene rings is 1. The fraction of sp³-hybridized carbons (Fsp3) is 0.571. The molecular weight excluding hydrogens is 323 g/mol. The third-order valence-corrected chi connectivity index (χ3v) is 4.07. The Kier molecular flexibility index (Phi) is 3.98. The van der Waals surface area contributed by atoms with Gasteiger partial charge in [0.25, 0.3) is 0 Å². The minimum Gasteiger partial charge on any atom is -0.369 e. The van der Waals surface area contributed by atoms with Crippen molar-refractivity contribution in [1.29, 1.82) is 0 Å². The van der Waals surface area contributed by atoms with E-state index in [9.17, 15) is 0 Å². The highest BCUT2D eigenvalue weighted by Gasteiger charge is 2.29. The van der Waals surface area contributed by atoms with Crippen LogP contribution in [-0.2, 0) is 0 Å². The van der Waals surface area contributed by atoms with E-state index >= 15 is 0 Å². The lowest BCUT2D eigenvalue weighted by Gasteiger charge is -2.41. The number of nitrogens with zero attached hydrogens (tertiary/aromatic N) is 1. The summed E-state index contributed by atoms with van der Waals surface area (Å²) in [5.74, 6) is 0. The van der Waals surface area contributed by atoms with Crippen molar-refractivity contribution in [3.05, 3.63) is 27.8 Å². The normalized spacial score (nSPS) is 21.6. The lowest BCUT2D eigenvalue weighted by molar-refractivity contribution is 0.254. The zero-order valence-electron chi connectivity index (χ0n) is 10.8. The van der Waals surface area contributed by atoms with Crippen LogP contribution in [0.15, 0.2) is 24.3 Å². The Morgan fingerprint density at radius 3 is 2.76 bits per heavy atom. The fourth-order valence-electron chi connectivity index (χ4n) is 2.24. The summed E-state index contributed by atoms with van der Waals surface area (Å²) in [5.41, 5.74) is 1.67. The molecule has 1 aliphatic heterocycles. The molecule has 3 heteroatoms. The van der Waals surface area contributed by atoms with Gasteiger partial charge >= 0.3 is 0 Å². The number of piperazine rings is 1. The van der Waals surface area contributed by atoms with E-state index in [1.807, 2.05) is 0 Å². The van der Waals surface area contributed by atoms with E-state index < -0.39 is 0 Å². The van der Waals surface area contributed by atoms with Crippen LogP contribution >= 0.6 is 22.6 Å². The molecular formula is C14H21IN2. The van der Waals surface area contributed by atoms with E-state index in [1.54, 1.807) is 0 Å². The molecule has 2 rings (SSSR count). The number of halogens is 1. The van der Waals surface area contributed by atoms with Gasteiger partial charge in [0.1, 0.15) is 0 Å². The maximum Gasteiger partial charge on any atom is 0.0377 e. The summed E-state index contributed by atoms with van der Waals surface area (Å²) in [5, 5.41) is 3.63. The van der Waals surface area contributed by atoms with Crippen molar-refractivity contribution in [2.24, 2.45) is 5.41 Å². The monoisotopic (exact) mass is 344 g/mol. The van der Waals surface area contributed by atoms with Crippen LogP contribution in [0.4, 0.5) is 5.69 Å². The molecule has 94 valence electrons. The highest BCUT2D eigenvalue weighted by Crippen LogP contribution is 2.25. The molecule has 1 aromatic rings. The van der Waals surface area contributed by atoms with Gasteiger partial charge in [0.15, 0.2) is 0 Å². The molecule has 1 aliphatic rings. The standard InChI is InChI=1S/C14H21IN2/c1-14(2,3)13-10-17(8-7-16-13)12-6-4-5-11(15)9-12/h4-6,9,13,16H,7-8,10H2,1-3H3. The Labute approximate surface area is 118 Å². The molecule has 0 saturated carbocycles. The molecule has 1 aromatic carbocycles. The smallest absolute Gasteiger partial charge is 0.0377 e. The second-order valence-corrected chi connectivity index (χ2v) is 7.04. The first-order valence-electron chi connectivity index (χ1n) is 6.21. The third-order valence-electron chi connectivity index (χ3n) is 3.39. The topological polar surface area (TPSA) is 15.3 Å². The summed E-state index contributed by atoms with van der Waals surface area (Å²) < 4.78 is 1.31. The van der Waals surface area contributed by atoms with E-state index in [0.717, 1.165) is 19.6 Å². The van der Waals surface area contributed by atoms with E-state index in [0.29, 0.717) is 11.5 Å². The first-order valence-corrected chi connectivity index (χ1v) is 7.28. The minimum absolute atomic E-state index is 0.320. The van der Waals surface area contributed by atoms with Crippen LogP contribution in [0.3, 0.4) is 0 Å². The molecule has 1 heterocycles. The van der Waals surface area contributed by atoms with Gasteiger partial charge in [0.2, 0.25) is 0 Å². The molecule has 0 aromatic heterocycles. The van der Waals surface area contributed by atoms with Gasteiger partial charge in [0, 0.05) is 34.9 Å². The summed E-state index contributed by atoms with van der Waals surface area (Å²) in [4.78, 5) is 2.49. The zero-order chi connectivity index (χ0) is 12.5. The zero-order valence-corrected chi connectivity index (χ0v) is 13.0. The quantitative estimate of drug-likeness (QED) is 0.788. The van der Waals surface area contributed by atoms with Crippen molar-refractivity contribution in [2.45, 2.75) is 26.8 Å². The van der Waals surface area contributed by atoms with Crippen LogP contribution in [0.5, 0.6) is 0 Å². The van der Waals surface area contributed by atoms with Crippen molar-refractivity contribution in [3.63, 3.8) is 0 Å². The maximum atomic E-state index is 3.63. The first-order chi connectivity index (χ1) is 7.97. The molecule has 0 radical (unpaired) electrons. The second-order valence-electron chi connectivity index (χ2n) is 5.80. The second kappa shape index (κ2) is 5.14. The number of nitrogens with one attached hydrogen (secondary N) is 1. The average molecular weight is 344 g/mol. The summed E-state index contributed by atoms with van der Waals surface area (Å²) in [6.45, 7) is 10.2. The Morgan fingerprint density at radius 2 is 2.12 bits per heavy atom. The van der Waals surface area contributed by atoms with Crippen LogP contribution in [0.25, 0.3) is 0 Å². The highest BCUT2D eigenvalue weighted by atomic mass is 127. The number of hydrogen-bond donors (Lipinski definition) is 1. The summed E-state index contributed by atoms with van der Waals surface area (Å²) in [7, 11) is 0. The minimum atomic E-state index is 0.320. The van der Waals surface area contributed by atoms with Crippen molar-refractivity contribution in [3.8, 4) is 0 Å². The van der Waals surface area contributed by atoms with Crippen molar-refractivity contribution in [2.75, 3.05) is 24.5 Å². The number of anilines is 1. The number of rotatable bonds is 1. The van der Waals surface area contributed by atoms with Crippen LogP contribution in [0, 0.1) is 8.99 Å². The molecule has 1 N–H and O–H groups in total. The Hall–Kier alpha value is -0.290. The lowest BCUT2D eigenvalue weighted by Crippen LogP contribution is -2.56. The van der Waals surface area contributed by atoms with Crippen molar-refractivity contribution < 1.29 is 0 Å². The van der Waals surface area contributed by atoms with Gasteiger partial charge in [-0.25, -0.2) is 0 Å². The van der Waals surface area contributed by atoms with E-state index in [-0.39, 0.29) is 0 Å². The first kappa shape index (κ1) is 13.1. The van der Waals surface area contributed by atoms with Crippen molar-refractivity contribution in [1.82, 2.24) is 5.32 Å². The van der Waals surface area contributed by atoms with Gasteiger partial charge in [-0.05, 0) is 46.2 Å². The van der Waals surface area contributed by atoms with Gasteiger partial charge in [-0.1, -0.05) is 26.8 Å². The largest absolute Gasteiger partial charge is 0.369 e. The predicted octanol–water partition coefficient (Wildman–Crippen LogP) is 3.12. The van der Waals surface area contributed by atoms with Crippen LogP contribution in [-0.4, -0.2) is 25.7 Å². The average Bonchev–Trinajstić information content (AvgIpc) is 2.28. The molecule has 0 aliphatic carbocycles. The lowest BCUT2D eigenvalue weighted by atomic mass is 9.85. The van der Waals surface area contributed by atoms with Gasteiger partial charge in [0.05, 0.1) is 0 Å². The molecule has 1 saturated heterocycles. The molecule has 1 fully saturated rings. The van der Waals surface area contributed by atoms with E-state index in [2.05, 4.69) is 77.8 Å². The van der Waals surface area contributed by atoms with Gasteiger partial charge in [-0.15, -0.1) is 0 Å². The molecule has 0 amide bonds. The SMILES string of the molecule is CC(C)(C)C1CN(c2cccc(I)c2)CCN1. The highest BCUT2D eigenvalue weighted by molar-refractivity contribution is 14.1. The van der Waals surface area contributed by atoms with E-state index in [4.69, 9.17) is 0 Å². The van der Waals surface area contributed by atoms with Crippen LogP contribution in [0.2, 0.25) is 0 Å². The Morgan fingerprint density at radius 1 is 1.35 bits per heavy atom. The molecule has 0 spiro atoms. The van der Waals surface area contributed by atoms with Crippen LogP contribution in [0.1, 0.15) is 20.8 Å².